The minimum Gasteiger partial charge on any atom is -0.341 e. The topological polar surface area (TPSA) is 49.4 Å². The molecule has 4 rings (SSSR count). The third-order valence-electron chi connectivity index (χ3n) is 6.59. The summed E-state index contributed by atoms with van der Waals surface area (Å²) >= 11 is 0. The van der Waals surface area contributed by atoms with Crippen LogP contribution in [0.3, 0.4) is 0 Å². The summed E-state index contributed by atoms with van der Waals surface area (Å²) in [6, 6.07) is 1.33. The molecule has 3 atom stereocenters. The number of rotatable bonds is 3. The van der Waals surface area contributed by atoms with Crippen molar-refractivity contribution in [1.29, 1.82) is 0 Å². The van der Waals surface area contributed by atoms with Crippen molar-refractivity contribution in [2.45, 2.75) is 57.0 Å². The summed E-state index contributed by atoms with van der Waals surface area (Å²) in [7, 11) is 0. The number of amides is 1. The Hall–Kier alpha value is -1.60. The van der Waals surface area contributed by atoms with Crippen LogP contribution in [0.25, 0.3) is 0 Å². The number of benzene rings is 1. The van der Waals surface area contributed by atoms with E-state index in [4.69, 9.17) is 0 Å². The molecular formula is C21H26ClF3N2O2. The summed E-state index contributed by atoms with van der Waals surface area (Å²) in [4.78, 5) is 27.2. The number of carbonyl (C=O) groups excluding carboxylic acids is 2. The van der Waals surface area contributed by atoms with Crippen molar-refractivity contribution in [2.24, 2.45) is 11.8 Å². The number of halogens is 4. The molecule has 160 valence electrons. The van der Waals surface area contributed by atoms with E-state index in [-0.39, 0.29) is 24.4 Å². The molecule has 1 amide bonds. The Kier molecular flexibility index (Phi) is 6.89. The molecule has 8 heteroatoms. The Morgan fingerprint density at radius 2 is 1.59 bits per heavy atom. The quantitative estimate of drug-likeness (QED) is 0.741. The van der Waals surface area contributed by atoms with Crippen LogP contribution in [0, 0.1) is 29.3 Å². The highest BCUT2D eigenvalue weighted by Gasteiger charge is 2.40. The fraction of sp³-hybridized carbons (Fsp3) is 0.619. The molecule has 3 unspecified atom stereocenters. The minimum atomic E-state index is -1.17. The van der Waals surface area contributed by atoms with Crippen LogP contribution in [0.4, 0.5) is 13.2 Å². The van der Waals surface area contributed by atoms with Crippen LogP contribution < -0.4 is 5.32 Å². The second kappa shape index (κ2) is 9.04. The van der Waals surface area contributed by atoms with Gasteiger partial charge in [-0.3, -0.25) is 9.59 Å². The van der Waals surface area contributed by atoms with Crippen molar-refractivity contribution < 1.29 is 22.8 Å². The van der Waals surface area contributed by atoms with Crippen molar-refractivity contribution >= 4 is 24.1 Å². The highest BCUT2D eigenvalue weighted by atomic mass is 35.5. The van der Waals surface area contributed by atoms with E-state index in [1.807, 2.05) is 0 Å². The number of Topliss-reactive ketones (excluding diaryl/α,β-unsaturated/α-hetero) is 1. The van der Waals surface area contributed by atoms with Crippen LogP contribution in [0.2, 0.25) is 0 Å². The number of carbonyl (C=O) groups is 2. The predicted molar refractivity (Wildman–Crippen MR) is 104 cm³/mol. The molecule has 2 heterocycles. The molecule has 29 heavy (non-hydrogen) atoms. The van der Waals surface area contributed by atoms with Gasteiger partial charge in [-0.25, -0.2) is 13.2 Å². The Labute approximate surface area is 174 Å². The lowest BCUT2D eigenvalue weighted by Crippen LogP contribution is -2.48. The van der Waals surface area contributed by atoms with Gasteiger partial charge in [0.05, 0.1) is 11.6 Å². The van der Waals surface area contributed by atoms with E-state index in [2.05, 4.69) is 5.32 Å². The number of nitrogens with one attached hydrogen (secondary N) is 1. The van der Waals surface area contributed by atoms with Gasteiger partial charge in [-0.05, 0) is 38.0 Å². The number of nitrogens with zero attached hydrogens (tertiary/aromatic N) is 1. The van der Waals surface area contributed by atoms with Gasteiger partial charge in [0.1, 0.15) is 17.5 Å². The molecular weight excluding hydrogens is 405 g/mol. The highest BCUT2D eigenvalue weighted by Crippen LogP contribution is 2.34. The molecule has 1 saturated carbocycles. The molecule has 2 saturated heterocycles. The molecule has 4 nitrogen and oxygen atoms in total. The van der Waals surface area contributed by atoms with Gasteiger partial charge >= 0.3 is 0 Å². The molecule has 0 spiro atoms. The lowest BCUT2D eigenvalue weighted by Gasteiger charge is -2.33. The fourth-order valence-electron chi connectivity index (χ4n) is 5.07. The summed E-state index contributed by atoms with van der Waals surface area (Å²) in [5.74, 6) is -3.94. The molecule has 1 aromatic rings. The maximum atomic E-state index is 13.9. The second-order valence-corrected chi connectivity index (χ2v) is 8.31. The van der Waals surface area contributed by atoms with E-state index in [0.717, 1.165) is 12.8 Å². The lowest BCUT2D eigenvalue weighted by molar-refractivity contribution is -0.134. The zero-order valence-electron chi connectivity index (χ0n) is 16.1. The van der Waals surface area contributed by atoms with Crippen LogP contribution >= 0.6 is 12.4 Å². The van der Waals surface area contributed by atoms with Crippen LogP contribution in [0.1, 0.15) is 55.3 Å². The van der Waals surface area contributed by atoms with Crippen molar-refractivity contribution in [1.82, 2.24) is 10.2 Å². The van der Waals surface area contributed by atoms with Gasteiger partial charge in [0, 0.05) is 37.2 Å². The number of piperidine rings is 1. The van der Waals surface area contributed by atoms with Crippen molar-refractivity contribution in [3.8, 4) is 0 Å². The molecule has 0 radical (unpaired) electrons. The van der Waals surface area contributed by atoms with E-state index in [0.29, 0.717) is 50.0 Å². The van der Waals surface area contributed by atoms with E-state index >= 15 is 0 Å². The molecule has 1 N–H and O–H groups in total. The monoisotopic (exact) mass is 430 g/mol. The van der Waals surface area contributed by atoms with Crippen molar-refractivity contribution in [3.63, 3.8) is 0 Å². The van der Waals surface area contributed by atoms with Gasteiger partial charge in [-0.1, -0.05) is 12.8 Å². The summed E-state index contributed by atoms with van der Waals surface area (Å²) in [5, 5.41) is 3.48. The van der Waals surface area contributed by atoms with Gasteiger partial charge in [0.15, 0.2) is 5.78 Å². The molecule has 0 aromatic heterocycles. The summed E-state index contributed by atoms with van der Waals surface area (Å²) < 4.78 is 40.9. The zero-order valence-corrected chi connectivity index (χ0v) is 17.0. The summed E-state index contributed by atoms with van der Waals surface area (Å²) in [5.41, 5.74) is -0.673. The van der Waals surface area contributed by atoms with Crippen LogP contribution in [-0.4, -0.2) is 41.8 Å². The maximum absolute atomic E-state index is 13.9. The number of ketones is 1. The normalized spacial score (nSPS) is 27.3. The van der Waals surface area contributed by atoms with Gasteiger partial charge in [-0.2, -0.15) is 0 Å². The second-order valence-electron chi connectivity index (χ2n) is 8.31. The summed E-state index contributed by atoms with van der Waals surface area (Å²) in [6.45, 7) is 0.792. The van der Waals surface area contributed by atoms with E-state index in [9.17, 15) is 22.8 Å². The van der Waals surface area contributed by atoms with Gasteiger partial charge in [0.25, 0.3) is 0 Å². The third-order valence-corrected chi connectivity index (χ3v) is 6.59. The first kappa shape index (κ1) is 22.1. The average molecular weight is 431 g/mol. The van der Waals surface area contributed by atoms with E-state index in [1.165, 1.54) is 19.3 Å². The third kappa shape index (κ3) is 4.45. The Balaban J connectivity index is 0.00000240. The van der Waals surface area contributed by atoms with Gasteiger partial charge in [-0.15, -0.1) is 12.4 Å². The highest BCUT2D eigenvalue weighted by molar-refractivity contribution is 5.98. The Morgan fingerprint density at radius 3 is 2.21 bits per heavy atom. The molecule has 3 fully saturated rings. The SMILES string of the molecule is Cl.O=C(c1c(F)cc(F)cc1F)C1CCN(C(=O)C2CC3CCCCC3N2)CC1. The average Bonchev–Trinajstić information content (AvgIpc) is 3.11. The standard InChI is InChI=1S/C21H25F3N2O2.ClH/c22-14-10-15(23)19(16(24)11-14)20(27)12-5-7-26(8-6-12)21(28)18-9-13-3-1-2-4-17(13)25-18;/h10-13,17-18,25H,1-9H2;1H. The smallest absolute Gasteiger partial charge is 0.239 e. The van der Waals surface area contributed by atoms with Crippen LogP contribution in [-0.2, 0) is 4.79 Å². The predicted octanol–water partition coefficient (Wildman–Crippen LogP) is 3.87. The van der Waals surface area contributed by atoms with Gasteiger partial charge < -0.3 is 10.2 Å². The lowest BCUT2D eigenvalue weighted by atomic mass is 9.85. The Bertz CT molecular complexity index is 746. The first-order chi connectivity index (χ1) is 13.4. The first-order valence-electron chi connectivity index (χ1n) is 10.2. The largest absolute Gasteiger partial charge is 0.341 e. The van der Waals surface area contributed by atoms with Gasteiger partial charge in [0.2, 0.25) is 5.91 Å². The number of hydrogen-bond donors (Lipinski definition) is 1. The van der Waals surface area contributed by atoms with E-state index < -0.39 is 34.7 Å². The zero-order chi connectivity index (χ0) is 19.8. The molecule has 1 aromatic carbocycles. The first-order valence-corrected chi connectivity index (χ1v) is 10.2. The fourth-order valence-corrected chi connectivity index (χ4v) is 5.07. The number of likely N-dealkylation sites (tertiary alicyclic amines) is 1. The molecule has 1 aliphatic carbocycles. The Morgan fingerprint density at radius 1 is 0.966 bits per heavy atom. The number of hydrogen-bond acceptors (Lipinski definition) is 3. The van der Waals surface area contributed by atoms with E-state index in [1.54, 1.807) is 4.90 Å². The van der Waals surface area contributed by atoms with Crippen LogP contribution in [0.5, 0.6) is 0 Å². The maximum Gasteiger partial charge on any atom is 0.239 e. The molecule has 2 aliphatic heterocycles. The van der Waals surface area contributed by atoms with Crippen molar-refractivity contribution in [2.75, 3.05) is 13.1 Å². The summed E-state index contributed by atoms with van der Waals surface area (Å²) in [6.07, 6.45) is 6.33. The molecule has 3 aliphatic rings. The number of fused-ring (bicyclic) bond motifs is 1. The van der Waals surface area contributed by atoms with Crippen molar-refractivity contribution in [3.05, 3.63) is 35.1 Å². The van der Waals surface area contributed by atoms with Crippen LogP contribution in [0.15, 0.2) is 12.1 Å². The molecule has 0 bridgehead atoms. The minimum absolute atomic E-state index is 0.